The van der Waals surface area contributed by atoms with Crippen LogP contribution in [0.5, 0.6) is 0 Å². The summed E-state index contributed by atoms with van der Waals surface area (Å²) in [5.41, 5.74) is 16.4. The second kappa shape index (κ2) is 32.2. The molecule has 706 valence electrons. The smallest absolute Gasteiger partial charge is 0.145 e. The van der Waals surface area contributed by atoms with E-state index in [1.807, 2.05) is 25.0 Å². The Balaban J connectivity index is 0.000000130. The number of ketones is 3. The molecule has 0 spiro atoms. The highest BCUT2D eigenvalue weighted by Gasteiger charge is 2.73. The van der Waals surface area contributed by atoms with Gasteiger partial charge in [-0.3, -0.25) is 24.0 Å². The van der Waals surface area contributed by atoms with Crippen LogP contribution >= 0.6 is 0 Å². The van der Waals surface area contributed by atoms with Gasteiger partial charge in [0.25, 0.3) is 0 Å². The van der Waals surface area contributed by atoms with Crippen molar-refractivity contribution in [2.45, 2.75) is 464 Å². The fourth-order valence-corrected chi connectivity index (χ4v) is 39.4. The van der Waals surface area contributed by atoms with Crippen molar-refractivity contribution in [1.82, 2.24) is 0 Å². The average molecular weight is 1730 g/mol. The second-order valence-corrected chi connectivity index (χ2v) is 56.6. The molecule has 0 aromatic rings. The lowest BCUT2D eigenvalue weighted by Crippen LogP contribution is -2.64. The lowest BCUT2D eigenvalue weighted by Gasteiger charge is -2.71. The molecular weight excluding hydrogens is 1540 g/mol. The predicted octanol–water partition coefficient (Wildman–Crippen LogP) is 32.1. The highest BCUT2D eigenvalue weighted by molar-refractivity contribution is 5.87. The molecule has 0 aromatic heterocycles. The van der Waals surface area contributed by atoms with E-state index >= 15 is 0 Å². The van der Waals surface area contributed by atoms with Gasteiger partial charge in [-0.25, -0.2) is 0 Å². The average Bonchev–Trinajstić information content (AvgIpc) is 0.937. The molecule has 18 rings (SSSR count). The SMILES string of the molecule is C/C(C=O)=C/CCC(C)[C@@H]1CC[C@]2(C)C3=C(CC[C@@]12C)[C@@]1(C)CCC(=O)C(C)(C)C1CC3.C/C(C=O)=C/CCC(C)[C@@H]1CC[C@]2(C)C3=CCC4C(C)(C)C(=O)CC[C@]4(C)C3CC[C@@]12C.CC1(C)CC[C@]2(C)CC[C@@]3(C)C(=CCC4[C@@]5(C)CCC(=O)C(C)(C)C5CC[C@]43C)[C@@H]2C1.CC1(C)CC[C@]2(C)CC[C@@]3(C)C(=CCC4[C@@]5(C)CC[C@H](O)C(C)(C)C5CC[C@]43C)[C@@H]2C1. The van der Waals surface area contributed by atoms with Gasteiger partial charge in [0, 0.05) is 35.5 Å². The van der Waals surface area contributed by atoms with Gasteiger partial charge in [0.15, 0.2) is 0 Å². The van der Waals surface area contributed by atoms with Gasteiger partial charge in [-0.2, -0.15) is 0 Å². The van der Waals surface area contributed by atoms with Gasteiger partial charge in [-0.05, 0) is 425 Å². The van der Waals surface area contributed by atoms with Crippen LogP contribution in [0.25, 0.3) is 0 Å². The van der Waals surface area contributed by atoms with Crippen molar-refractivity contribution in [2.75, 3.05) is 0 Å². The fourth-order valence-electron chi connectivity index (χ4n) is 39.4. The number of fused-ring (bicyclic) bond motifs is 23. The maximum atomic E-state index is 12.9. The lowest BCUT2D eigenvalue weighted by molar-refractivity contribution is -0.202. The Morgan fingerprint density at radius 2 is 0.754 bits per heavy atom. The molecule has 18 aliphatic rings. The Labute approximate surface area is 773 Å². The van der Waals surface area contributed by atoms with Crippen LogP contribution in [0.15, 0.2) is 69.4 Å². The third-order valence-electron chi connectivity index (χ3n) is 49.0. The summed E-state index contributed by atoms with van der Waals surface area (Å²) in [5, 5.41) is 10.9. The van der Waals surface area contributed by atoms with E-state index in [0.29, 0.717) is 135 Å². The highest BCUT2D eigenvalue weighted by Crippen LogP contribution is 2.81. The summed E-state index contributed by atoms with van der Waals surface area (Å²) in [7, 11) is 0. The van der Waals surface area contributed by atoms with E-state index < -0.39 is 0 Å². The van der Waals surface area contributed by atoms with Crippen LogP contribution in [0, 0.1) is 185 Å². The van der Waals surface area contributed by atoms with Crippen molar-refractivity contribution in [3.63, 3.8) is 0 Å². The molecule has 0 amide bonds. The number of Topliss-reactive ketones (excluding diaryl/α,β-unsaturated/α-hetero) is 3. The zero-order valence-electron chi connectivity index (χ0n) is 87.2. The van der Waals surface area contributed by atoms with Crippen molar-refractivity contribution in [3.8, 4) is 0 Å². The Morgan fingerprint density at radius 1 is 0.357 bits per heavy atom. The number of hydrogen-bond donors (Lipinski definition) is 1. The first-order chi connectivity index (χ1) is 58.2. The first kappa shape index (κ1) is 97.3. The summed E-state index contributed by atoms with van der Waals surface area (Å²) in [5.74, 6) is 10.3. The first-order valence-electron chi connectivity index (χ1n) is 53.6. The maximum Gasteiger partial charge on any atom is 0.145 e. The Bertz CT molecular complexity index is 4410. The molecule has 0 aromatic carbocycles. The van der Waals surface area contributed by atoms with Gasteiger partial charge in [0.05, 0.1) is 6.10 Å². The van der Waals surface area contributed by atoms with Gasteiger partial charge in [0.1, 0.15) is 29.9 Å². The van der Waals surface area contributed by atoms with Crippen molar-refractivity contribution in [1.29, 1.82) is 0 Å². The zero-order valence-corrected chi connectivity index (χ0v) is 87.2. The minimum atomic E-state index is -0.184. The normalized spacial score (nSPS) is 48.5. The van der Waals surface area contributed by atoms with Crippen molar-refractivity contribution >= 4 is 29.9 Å². The van der Waals surface area contributed by atoms with Crippen molar-refractivity contribution < 1.29 is 29.1 Å². The molecule has 0 saturated heterocycles. The number of carbonyl (C=O) groups is 5. The number of aldehydes is 2. The third-order valence-corrected chi connectivity index (χ3v) is 49.0. The summed E-state index contributed by atoms with van der Waals surface area (Å²) in [6, 6.07) is 0. The van der Waals surface area contributed by atoms with E-state index in [-0.39, 0.29) is 38.6 Å². The number of carbonyl (C=O) groups excluding carboxylic acids is 5. The molecule has 18 aliphatic carbocycles. The van der Waals surface area contributed by atoms with Crippen LogP contribution in [-0.2, 0) is 24.0 Å². The first-order valence-corrected chi connectivity index (χ1v) is 53.6. The molecule has 0 bridgehead atoms. The fraction of sp³-hybridized carbons (Fsp3) is 0.858. The minimum Gasteiger partial charge on any atom is -0.393 e. The molecule has 0 heterocycles. The Kier molecular flexibility index (Phi) is 24.9. The molecule has 6 heteroatoms. The number of hydrogen-bond acceptors (Lipinski definition) is 6. The largest absolute Gasteiger partial charge is 0.393 e. The summed E-state index contributed by atoms with van der Waals surface area (Å²) in [4.78, 5) is 60.4. The molecule has 1 N–H and O–H groups in total. The number of allylic oxidation sites excluding steroid dienone is 12. The van der Waals surface area contributed by atoms with Gasteiger partial charge in [-0.1, -0.05) is 252 Å². The predicted molar refractivity (Wildman–Crippen MR) is 525 cm³/mol. The van der Waals surface area contributed by atoms with E-state index in [0.717, 1.165) is 123 Å². The lowest BCUT2D eigenvalue weighted by atomic mass is 9.33. The highest BCUT2D eigenvalue weighted by atomic mass is 16.3. The van der Waals surface area contributed by atoms with Crippen LogP contribution < -0.4 is 0 Å². The quantitative estimate of drug-likeness (QED) is 0.133. The molecule has 0 radical (unpaired) electrons. The van der Waals surface area contributed by atoms with Gasteiger partial charge in [0.2, 0.25) is 0 Å². The van der Waals surface area contributed by atoms with Gasteiger partial charge < -0.3 is 5.11 Å². The van der Waals surface area contributed by atoms with Crippen LogP contribution in [0.3, 0.4) is 0 Å². The van der Waals surface area contributed by atoms with Gasteiger partial charge >= 0.3 is 0 Å². The zero-order chi connectivity index (χ0) is 92.4. The topological polar surface area (TPSA) is 106 Å². The Morgan fingerprint density at radius 3 is 1.25 bits per heavy atom. The summed E-state index contributed by atoms with van der Waals surface area (Å²) in [6.07, 6.45) is 62.2. The minimum absolute atomic E-state index is 0.0533. The van der Waals surface area contributed by atoms with Crippen molar-refractivity contribution in [2.24, 2.45) is 185 Å². The number of rotatable bonds is 10. The van der Waals surface area contributed by atoms with Crippen LogP contribution in [-0.4, -0.2) is 41.1 Å². The molecule has 13 fully saturated rings. The molecule has 13 saturated carbocycles. The summed E-state index contributed by atoms with van der Waals surface area (Å²) >= 11 is 0. The maximum absolute atomic E-state index is 12.9. The van der Waals surface area contributed by atoms with Gasteiger partial charge in [-0.15, -0.1) is 0 Å². The van der Waals surface area contributed by atoms with Crippen LogP contribution in [0.2, 0.25) is 0 Å². The van der Waals surface area contributed by atoms with E-state index in [2.05, 4.69) is 224 Å². The molecule has 9 unspecified atom stereocenters. The third kappa shape index (κ3) is 14.4. The van der Waals surface area contributed by atoms with E-state index in [1.54, 1.807) is 16.7 Å². The molecule has 0 aliphatic heterocycles. The second-order valence-electron chi connectivity index (χ2n) is 56.6. The molecule has 6 nitrogen and oxygen atoms in total. The van der Waals surface area contributed by atoms with Crippen LogP contribution in [0.1, 0.15) is 458 Å². The number of aliphatic hydroxyl groups excluding tert-OH is 1. The summed E-state index contributed by atoms with van der Waals surface area (Å²) < 4.78 is 0. The standard InChI is InChI=1S/2C30H46O2.C30H50O.C30H48O/c2*1-20(19-31)9-8-10-21(2)22-13-17-30(7)24-11-12-25-27(3,4)26(32)15-16-28(25,5)23(24)14-18-29(22,30)6;2*1-25(2)15-16-27(5)17-18-29(7)20(21(27)19-25)9-10-23-28(6)13-12-24(31)26(3,4)22(28)11-14-30(23,29)8/h9,19,21-22,25H,8,10-18H2,1-7H3;9,11,19,21-23,25H,8,10,12-18H2,1-7H3;9,21-24,31H,10-19H2,1-8H3;9,21-23H,10-19H2,1-8H3/b2*20-9-;;/t21?,22-,25?,28+,29-,30+;21?,22-,23?,25?,28+,29-,30+;21-,22?,23?,24-,27+,28-,29-,30+;21-,22?,23?,27+,28-,29-,30+/m0000/s1. The molecular formula is C120H190O6. The van der Waals surface area contributed by atoms with Crippen LogP contribution in [0.4, 0.5) is 0 Å². The van der Waals surface area contributed by atoms with Crippen molar-refractivity contribution in [3.05, 3.63) is 69.4 Å². The number of aliphatic hydroxyl groups is 1. The molecule has 28 atom stereocenters. The van der Waals surface area contributed by atoms with E-state index in [4.69, 9.17) is 0 Å². The summed E-state index contributed by atoms with van der Waals surface area (Å²) in [6.45, 7) is 73.7. The monoisotopic (exact) mass is 1730 g/mol. The van der Waals surface area contributed by atoms with E-state index in [1.165, 1.54) is 186 Å². The Hall–Kier alpha value is -3.25. The molecule has 126 heavy (non-hydrogen) atoms. The van der Waals surface area contributed by atoms with E-state index in [9.17, 15) is 29.1 Å².